The van der Waals surface area contributed by atoms with E-state index in [1.54, 1.807) is 0 Å². The van der Waals surface area contributed by atoms with Crippen LogP contribution in [0.5, 0.6) is 0 Å². The number of hydrogen-bond acceptors (Lipinski definition) is 3. The van der Waals surface area contributed by atoms with Crippen LogP contribution >= 0.6 is 11.6 Å². The minimum Gasteiger partial charge on any atom is -0.478 e. The van der Waals surface area contributed by atoms with E-state index in [-0.39, 0.29) is 34.5 Å². The van der Waals surface area contributed by atoms with E-state index in [9.17, 15) is 14.4 Å². The van der Waals surface area contributed by atoms with Crippen LogP contribution in [0.15, 0.2) is 12.1 Å². The Morgan fingerprint density at radius 2 is 1.88 bits per heavy atom. The van der Waals surface area contributed by atoms with Crippen LogP contribution in [0.3, 0.4) is 0 Å². The zero-order chi connectivity index (χ0) is 12.7. The average Bonchev–Trinajstić information content (AvgIpc) is 2.53. The van der Waals surface area contributed by atoms with Gasteiger partial charge in [0.05, 0.1) is 11.1 Å². The number of ketones is 1. The zero-order valence-electron chi connectivity index (χ0n) is 8.44. The van der Waals surface area contributed by atoms with Gasteiger partial charge in [0, 0.05) is 5.56 Å². The van der Waals surface area contributed by atoms with Gasteiger partial charge in [-0.15, -0.1) is 11.6 Å². The molecule has 0 spiro atoms. The van der Waals surface area contributed by atoms with E-state index in [4.69, 9.17) is 21.8 Å². The third-order valence-electron chi connectivity index (χ3n) is 2.69. The van der Waals surface area contributed by atoms with Crippen molar-refractivity contribution in [2.75, 3.05) is 0 Å². The SMILES string of the molecule is O=C(O)c1ccc2c(c1C(=O)O)CC(Cl)C2=O. The van der Waals surface area contributed by atoms with Crippen LogP contribution in [-0.4, -0.2) is 33.3 Å². The van der Waals surface area contributed by atoms with Gasteiger partial charge in [0.15, 0.2) is 5.78 Å². The van der Waals surface area contributed by atoms with Crippen LogP contribution < -0.4 is 0 Å². The van der Waals surface area contributed by atoms with Gasteiger partial charge < -0.3 is 10.2 Å². The first-order chi connectivity index (χ1) is 7.93. The fourth-order valence-corrected chi connectivity index (χ4v) is 2.23. The van der Waals surface area contributed by atoms with Crippen molar-refractivity contribution < 1.29 is 24.6 Å². The molecular weight excluding hydrogens is 248 g/mol. The highest BCUT2D eigenvalue weighted by molar-refractivity contribution is 6.36. The van der Waals surface area contributed by atoms with Crippen LogP contribution in [-0.2, 0) is 6.42 Å². The van der Waals surface area contributed by atoms with Gasteiger partial charge in [0.25, 0.3) is 0 Å². The second-order valence-corrected chi connectivity index (χ2v) is 4.19. The van der Waals surface area contributed by atoms with Crippen LogP contribution in [0.2, 0.25) is 0 Å². The lowest BCUT2D eigenvalue weighted by atomic mass is 9.97. The molecule has 0 aromatic heterocycles. The molecule has 0 radical (unpaired) electrons. The molecule has 1 atom stereocenters. The number of fused-ring (bicyclic) bond motifs is 1. The molecule has 0 heterocycles. The molecule has 1 aliphatic rings. The number of aromatic carboxylic acids is 2. The second-order valence-electron chi connectivity index (χ2n) is 3.66. The first-order valence-corrected chi connectivity index (χ1v) is 5.18. The molecule has 1 aromatic rings. The molecule has 17 heavy (non-hydrogen) atoms. The Morgan fingerprint density at radius 3 is 2.41 bits per heavy atom. The molecule has 5 nitrogen and oxygen atoms in total. The summed E-state index contributed by atoms with van der Waals surface area (Å²) in [5.41, 5.74) is -0.254. The van der Waals surface area contributed by atoms with E-state index >= 15 is 0 Å². The van der Waals surface area contributed by atoms with Crippen LogP contribution in [0.25, 0.3) is 0 Å². The van der Waals surface area contributed by atoms with Gasteiger partial charge >= 0.3 is 11.9 Å². The fraction of sp³-hybridized carbons (Fsp3) is 0.182. The summed E-state index contributed by atoms with van der Waals surface area (Å²) in [6.45, 7) is 0. The highest BCUT2D eigenvalue weighted by Crippen LogP contribution is 2.30. The Labute approximate surface area is 101 Å². The molecule has 0 amide bonds. The number of Topliss-reactive ketones (excluding diaryl/α,β-unsaturated/α-hetero) is 1. The van der Waals surface area contributed by atoms with E-state index in [1.807, 2.05) is 0 Å². The molecule has 6 heteroatoms. The Morgan fingerprint density at radius 1 is 1.24 bits per heavy atom. The maximum Gasteiger partial charge on any atom is 0.336 e. The van der Waals surface area contributed by atoms with E-state index < -0.39 is 17.3 Å². The van der Waals surface area contributed by atoms with Crippen molar-refractivity contribution in [3.8, 4) is 0 Å². The topological polar surface area (TPSA) is 91.7 Å². The predicted octanol–water partition coefficient (Wildman–Crippen LogP) is 1.43. The van der Waals surface area contributed by atoms with Gasteiger partial charge in [-0.2, -0.15) is 0 Å². The molecule has 1 unspecified atom stereocenters. The summed E-state index contributed by atoms with van der Waals surface area (Å²) in [5.74, 6) is -3.06. The van der Waals surface area contributed by atoms with Crippen LogP contribution in [0.1, 0.15) is 36.6 Å². The number of rotatable bonds is 2. The van der Waals surface area contributed by atoms with Gasteiger partial charge in [-0.1, -0.05) is 6.07 Å². The molecule has 1 aromatic carbocycles. The molecule has 2 N–H and O–H groups in total. The van der Waals surface area contributed by atoms with E-state index in [2.05, 4.69) is 0 Å². The van der Waals surface area contributed by atoms with Gasteiger partial charge in [-0.05, 0) is 18.1 Å². The Hall–Kier alpha value is -1.88. The van der Waals surface area contributed by atoms with Gasteiger partial charge in [-0.25, -0.2) is 9.59 Å². The smallest absolute Gasteiger partial charge is 0.336 e. The lowest BCUT2D eigenvalue weighted by Crippen LogP contribution is -2.11. The largest absolute Gasteiger partial charge is 0.478 e. The monoisotopic (exact) mass is 254 g/mol. The van der Waals surface area contributed by atoms with Crippen LogP contribution in [0.4, 0.5) is 0 Å². The van der Waals surface area contributed by atoms with Crippen molar-refractivity contribution in [2.45, 2.75) is 11.8 Å². The van der Waals surface area contributed by atoms with Crippen molar-refractivity contribution in [3.63, 3.8) is 0 Å². The standard InChI is InChI=1S/C11H7ClO5/c12-7-3-6-4(9(7)13)1-2-5(10(14)15)8(6)11(16)17/h1-2,7H,3H2,(H,14,15)(H,16,17). The third-order valence-corrected chi connectivity index (χ3v) is 3.04. The Balaban J connectivity index is 2.73. The molecule has 0 fully saturated rings. The van der Waals surface area contributed by atoms with Crippen LogP contribution in [0, 0.1) is 0 Å². The number of carbonyl (C=O) groups excluding carboxylic acids is 1. The molecule has 0 saturated carbocycles. The maximum absolute atomic E-state index is 11.6. The number of carbonyl (C=O) groups is 3. The number of halogens is 1. The zero-order valence-corrected chi connectivity index (χ0v) is 9.19. The quantitative estimate of drug-likeness (QED) is 0.779. The van der Waals surface area contributed by atoms with Crippen molar-refractivity contribution in [3.05, 3.63) is 34.4 Å². The van der Waals surface area contributed by atoms with Gasteiger partial charge in [0.2, 0.25) is 0 Å². The van der Waals surface area contributed by atoms with Crippen molar-refractivity contribution in [1.82, 2.24) is 0 Å². The Kier molecular flexibility index (Phi) is 2.63. The maximum atomic E-state index is 11.6. The molecule has 0 aliphatic heterocycles. The molecular formula is C11H7ClO5. The first kappa shape index (κ1) is 11.6. The number of carboxylic acid groups (broad SMARTS) is 2. The predicted molar refractivity (Wildman–Crippen MR) is 58.0 cm³/mol. The van der Waals surface area contributed by atoms with E-state index in [0.717, 1.165) is 6.07 Å². The highest BCUT2D eigenvalue weighted by Gasteiger charge is 2.34. The fourth-order valence-electron chi connectivity index (χ4n) is 1.95. The normalized spacial score (nSPS) is 17.9. The van der Waals surface area contributed by atoms with E-state index in [0.29, 0.717) is 0 Å². The minimum absolute atomic E-state index is 0.0540. The molecule has 0 bridgehead atoms. The second kappa shape index (κ2) is 3.85. The highest BCUT2D eigenvalue weighted by atomic mass is 35.5. The Bertz CT molecular complexity index is 549. The minimum atomic E-state index is -1.36. The first-order valence-electron chi connectivity index (χ1n) is 4.74. The summed E-state index contributed by atoms with van der Waals surface area (Å²) < 4.78 is 0. The number of hydrogen-bond donors (Lipinski definition) is 2. The van der Waals surface area contributed by atoms with Gasteiger partial charge in [-0.3, -0.25) is 4.79 Å². The molecule has 88 valence electrons. The van der Waals surface area contributed by atoms with Crippen molar-refractivity contribution in [2.24, 2.45) is 0 Å². The molecule has 0 saturated heterocycles. The summed E-state index contributed by atoms with van der Waals surface area (Å²) in [6.07, 6.45) is 0.0540. The molecule has 2 rings (SSSR count). The van der Waals surface area contributed by atoms with Crippen molar-refractivity contribution in [1.29, 1.82) is 0 Å². The number of alkyl halides is 1. The summed E-state index contributed by atoms with van der Waals surface area (Å²) in [4.78, 5) is 33.6. The van der Waals surface area contributed by atoms with Crippen molar-refractivity contribution >= 4 is 29.3 Å². The summed E-state index contributed by atoms with van der Waals surface area (Å²) in [6, 6.07) is 2.44. The number of carboxylic acids is 2. The third kappa shape index (κ3) is 1.68. The summed E-state index contributed by atoms with van der Waals surface area (Å²) >= 11 is 5.75. The lowest BCUT2D eigenvalue weighted by molar-refractivity contribution is 0.0650. The summed E-state index contributed by atoms with van der Waals surface area (Å²) in [7, 11) is 0. The van der Waals surface area contributed by atoms with E-state index in [1.165, 1.54) is 6.07 Å². The summed E-state index contributed by atoms with van der Waals surface area (Å²) in [5, 5.41) is 17.1. The molecule has 1 aliphatic carbocycles. The number of benzene rings is 1. The average molecular weight is 255 g/mol. The lowest BCUT2D eigenvalue weighted by Gasteiger charge is -2.06. The van der Waals surface area contributed by atoms with Gasteiger partial charge in [0.1, 0.15) is 5.38 Å².